The summed E-state index contributed by atoms with van der Waals surface area (Å²) in [6, 6.07) is 17.1. The van der Waals surface area contributed by atoms with Crippen LogP contribution in [-0.4, -0.2) is 30.5 Å². The lowest BCUT2D eigenvalue weighted by atomic mass is 10.2. The van der Waals surface area contributed by atoms with E-state index in [4.69, 9.17) is 0 Å². The molecule has 0 saturated heterocycles. The van der Waals surface area contributed by atoms with Gasteiger partial charge in [-0.3, -0.25) is 29.6 Å². The SMILES string of the molecule is O=C(NCc1nnc(SCc2ccc(F)cc2)n1-c1ccc([N+](=O)[O-])cc1)c1cccc([N+](=O)[O-])c1. The third kappa shape index (κ3) is 5.70. The number of nitro benzene ring substituents is 2. The summed E-state index contributed by atoms with van der Waals surface area (Å²) >= 11 is 1.31. The third-order valence-electron chi connectivity index (χ3n) is 5.03. The number of hydrogen-bond donors (Lipinski definition) is 1. The standard InChI is InChI=1S/C23H17FN6O5S/c24-17-6-4-15(5-7-17)14-36-23-27-26-21(28(23)18-8-10-19(11-9-18)29(32)33)13-25-22(31)16-2-1-3-20(12-16)30(34)35/h1-12H,13-14H2,(H,25,31). The van der Waals surface area contributed by atoms with E-state index < -0.39 is 15.8 Å². The van der Waals surface area contributed by atoms with Crippen LogP contribution in [-0.2, 0) is 12.3 Å². The lowest BCUT2D eigenvalue weighted by Crippen LogP contribution is -2.24. The van der Waals surface area contributed by atoms with Crippen molar-refractivity contribution in [3.05, 3.63) is 116 Å². The van der Waals surface area contributed by atoms with Gasteiger partial charge in [-0.1, -0.05) is 30.0 Å². The molecule has 1 aromatic heterocycles. The number of nitro groups is 2. The first kappa shape index (κ1) is 24.5. The zero-order chi connectivity index (χ0) is 25.7. The van der Waals surface area contributed by atoms with Crippen molar-refractivity contribution in [1.82, 2.24) is 20.1 Å². The van der Waals surface area contributed by atoms with Gasteiger partial charge in [-0.15, -0.1) is 10.2 Å². The molecule has 4 rings (SSSR count). The zero-order valence-corrected chi connectivity index (χ0v) is 19.2. The largest absolute Gasteiger partial charge is 0.345 e. The van der Waals surface area contributed by atoms with Gasteiger partial charge in [0.05, 0.1) is 16.4 Å². The van der Waals surface area contributed by atoms with Gasteiger partial charge in [0.15, 0.2) is 11.0 Å². The first-order valence-electron chi connectivity index (χ1n) is 10.4. The fraction of sp³-hybridized carbons (Fsp3) is 0.0870. The van der Waals surface area contributed by atoms with Gasteiger partial charge in [0, 0.05) is 41.3 Å². The van der Waals surface area contributed by atoms with Gasteiger partial charge in [0.25, 0.3) is 17.3 Å². The minimum absolute atomic E-state index is 0.0668. The molecule has 0 aliphatic heterocycles. The van der Waals surface area contributed by atoms with Crippen LogP contribution in [0, 0.1) is 26.0 Å². The Morgan fingerprint density at radius 2 is 1.64 bits per heavy atom. The van der Waals surface area contributed by atoms with E-state index in [0.717, 1.165) is 5.56 Å². The summed E-state index contributed by atoms with van der Waals surface area (Å²) in [5, 5.41) is 33.5. The quantitative estimate of drug-likeness (QED) is 0.198. The Bertz CT molecular complexity index is 1430. The van der Waals surface area contributed by atoms with E-state index in [1.807, 2.05) is 0 Å². The van der Waals surface area contributed by atoms with E-state index in [0.29, 0.717) is 22.4 Å². The maximum absolute atomic E-state index is 13.2. The van der Waals surface area contributed by atoms with Gasteiger partial charge in [-0.05, 0) is 35.9 Å². The molecule has 0 atom stereocenters. The summed E-state index contributed by atoms with van der Waals surface area (Å²) in [5.41, 5.74) is 1.19. The van der Waals surface area contributed by atoms with Crippen LogP contribution in [0.4, 0.5) is 15.8 Å². The summed E-state index contributed by atoms with van der Waals surface area (Å²) < 4.78 is 14.9. The van der Waals surface area contributed by atoms with Crippen molar-refractivity contribution in [2.24, 2.45) is 0 Å². The third-order valence-corrected chi connectivity index (χ3v) is 6.03. The van der Waals surface area contributed by atoms with Crippen molar-refractivity contribution in [3.63, 3.8) is 0 Å². The molecule has 11 nitrogen and oxygen atoms in total. The molecule has 0 saturated carbocycles. The number of thioether (sulfide) groups is 1. The average Bonchev–Trinajstić information content (AvgIpc) is 3.29. The molecule has 1 heterocycles. The van der Waals surface area contributed by atoms with Crippen molar-refractivity contribution in [2.45, 2.75) is 17.5 Å². The molecule has 3 aromatic carbocycles. The molecule has 4 aromatic rings. The Labute approximate surface area is 207 Å². The second-order valence-corrected chi connectivity index (χ2v) is 8.36. The number of amides is 1. The molecule has 0 spiro atoms. The fourth-order valence-electron chi connectivity index (χ4n) is 3.24. The second-order valence-electron chi connectivity index (χ2n) is 7.41. The topological polar surface area (TPSA) is 146 Å². The van der Waals surface area contributed by atoms with Crippen molar-refractivity contribution in [2.75, 3.05) is 0 Å². The van der Waals surface area contributed by atoms with Gasteiger partial charge < -0.3 is 5.32 Å². The number of aromatic nitrogens is 3. The van der Waals surface area contributed by atoms with Crippen LogP contribution in [0.15, 0.2) is 78.0 Å². The molecule has 0 radical (unpaired) electrons. The normalized spacial score (nSPS) is 10.7. The van der Waals surface area contributed by atoms with E-state index in [1.165, 1.54) is 72.4 Å². The number of rotatable bonds is 9. The smallest absolute Gasteiger partial charge is 0.270 e. The highest BCUT2D eigenvalue weighted by molar-refractivity contribution is 7.98. The molecule has 0 aliphatic rings. The lowest BCUT2D eigenvalue weighted by Gasteiger charge is -2.11. The van der Waals surface area contributed by atoms with Crippen LogP contribution in [0.5, 0.6) is 0 Å². The average molecular weight is 508 g/mol. The van der Waals surface area contributed by atoms with Gasteiger partial charge in [-0.2, -0.15) is 0 Å². The van der Waals surface area contributed by atoms with Crippen LogP contribution in [0.1, 0.15) is 21.7 Å². The molecular formula is C23H17FN6O5S. The molecule has 13 heteroatoms. The number of benzene rings is 3. The Balaban J connectivity index is 1.58. The van der Waals surface area contributed by atoms with Crippen molar-refractivity contribution >= 4 is 29.0 Å². The van der Waals surface area contributed by atoms with Gasteiger partial charge in [-0.25, -0.2) is 4.39 Å². The number of carbonyl (C=O) groups excluding carboxylic acids is 1. The molecule has 0 unspecified atom stereocenters. The van der Waals surface area contributed by atoms with E-state index in [1.54, 1.807) is 16.7 Å². The minimum atomic E-state index is -0.591. The molecule has 182 valence electrons. The summed E-state index contributed by atoms with van der Waals surface area (Å²) in [6.45, 7) is -0.0668. The summed E-state index contributed by atoms with van der Waals surface area (Å²) in [5.74, 6) is -0.105. The van der Waals surface area contributed by atoms with Crippen LogP contribution in [0.25, 0.3) is 5.69 Å². The van der Waals surface area contributed by atoms with Crippen LogP contribution < -0.4 is 5.32 Å². The Morgan fingerprint density at radius 1 is 0.944 bits per heavy atom. The molecule has 0 aliphatic carbocycles. The number of non-ortho nitro benzene ring substituents is 2. The summed E-state index contributed by atoms with van der Waals surface area (Å²) in [6.07, 6.45) is 0. The molecule has 36 heavy (non-hydrogen) atoms. The molecular weight excluding hydrogens is 491 g/mol. The maximum Gasteiger partial charge on any atom is 0.270 e. The Kier molecular flexibility index (Phi) is 7.30. The number of nitrogens with one attached hydrogen (secondary N) is 1. The molecule has 1 amide bonds. The summed E-state index contributed by atoms with van der Waals surface area (Å²) in [7, 11) is 0. The molecule has 0 fully saturated rings. The van der Waals surface area contributed by atoms with Crippen LogP contribution in [0.2, 0.25) is 0 Å². The van der Waals surface area contributed by atoms with Crippen LogP contribution >= 0.6 is 11.8 Å². The Hall–Kier alpha value is -4.65. The van der Waals surface area contributed by atoms with E-state index >= 15 is 0 Å². The van der Waals surface area contributed by atoms with E-state index in [9.17, 15) is 29.4 Å². The van der Waals surface area contributed by atoms with E-state index in [2.05, 4.69) is 15.5 Å². The number of nitrogens with zero attached hydrogens (tertiary/aromatic N) is 5. The van der Waals surface area contributed by atoms with Gasteiger partial charge in [0.1, 0.15) is 5.82 Å². The van der Waals surface area contributed by atoms with Crippen molar-refractivity contribution in [1.29, 1.82) is 0 Å². The van der Waals surface area contributed by atoms with E-state index in [-0.39, 0.29) is 29.3 Å². The van der Waals surface area contributed by atoms with Crippen LogP contribution in [0.3, 0.4) is 0 Å². The predicted molar refractivity (Wildman–Crippen MR) is 128 cm³/mol. The zero-order valence-electron chi connectivity index (χ0n) is 18.4. The highest BCUT2D eigenvalue weighted by Crippen LogP contribution is 2.26. The molecule has 1 N–H and O–H groups in total. The number of hydrogen-bond acceptors (Lipinski definition) is 8. The fourth-order valence-corrected chi connectivity index (χ4v) is 4.17. The minimum Gasteiger partial charge on any atom is -0.345 e. The lowest BCUT2D eigenvalue weighted by molar-refractivity contribution is -0.385. The van der Waals surface area contributed by atoms with Crippen molar-refractivity contribution < 1.29 is 19.0 Å². The predicted octanol–water partition coefficient (Wildman–Crippen LogP) is 4.45. The first-order chi connectivity index (χ1) is 17.3. The Morgan fingerprint density at radius 3 is 2.31 bits per heavy atom. The van der Waals surface area contributed by atoms with Crippen molar-refractivity contribution in [3.8, 4) is 5.69 Å². The van der Waals surface area contributed by atoms with Gasteiger partial charge >= 0.3 is 0 Å². The molecule has 0 bridgehead atoms. The maximum atomic E-state index is 13.2. The summed E-state index contributed by atoms with van der Waals surface area (Å²) in [4.78, 5) is 33.5. The van der Waals surface area contributed by atoms with Gasteiger partial charge in [0.2, 0.25) is 0 Å². The second kappa shape index (κ2) is 10.7. The number of carbonyl (C=O) groups is 1. The monoisotopic (exact) mass is 508 g/mol. The highest BCUT2D eigenvalue weighted by Gasteiger charge is 2.18. The number of halogens is 1. The highest BCUT2D eigenvalue weighted by atomic mass is 32.2. The first-order valence-corrected chi connectivity index (χ1v) is 11.4.